The molecule has 0 aromatic heterocycles. The number of ether oxygens (including phenoxy) is 2. The van der Waals surface area contributed by atoms with Crippen molar-refractivity contribution in [1.29, 1.82) is 0 Å². The molecule has 0 aromatic rings. The number of hydrogen-bond acceptors (Lipinski definition) is 4. The van der Waals surface area contributed by atoms with Gasteiger partial charge in [-0.1, -0.05) is 47.6 Å². The summed E-state index contributed by atoms with van der Waals surface area (Å²) in [6, 6.07) is 0. The van der Waals surface area contributed by atoms with Gasteiger partial charge >= 0.3 is 0 Å². The Labute approximate surface area is 190 Å². The van der Waals surface area contributed by atoms with Crippen LogP contribution in [0.15, 0.2) is 23.3 Å². The van der Waals surface area contributed by atoms with Crippen molar-refractivity contribution in [3.8, 4) is 0 Å². The Morgan fingerprint density at radius 2 is 1.74 bits per heavy atom. The van der Waals surface area contributed by atoms with E-state index in [9.17, 15) is 5.11 Å². The standard InChI is InChI=1S/C26H44O4Si/c1-17(2)19-10-11-25(6)22(27)16-21-20(23(19)25)15-18(30-31(7,8)24(3,4)5)9-12-26(21)28-13-14-29-26/h15-19,22-23,27H,9-14H2,1-8H3/t18-,19+,22+,23-,25+/m0/s1. The van der Waals surface area contributed by atoms with Gasteiger partial charge < -0.3 is 19.0 Å². The molecule has 5 atom stereocenters. The van der Waals surface area contributed by atoms with Crippen LogP contribution < -0.4 is 0 Å². The van der Waals surface area contributed by atoms with Gasteiger partial charge in [0.1, 0.15) is 0 Å². The second kappa shape index (κ2) is 7.80. The predicted octanol–water partition coefficient (Wildman–Crippen LogP) is 5.83. The molecule has 0 unspecified atom stereocenters. The summed E-state index contributed by atoms with van der Waals surface area (Å²) < 4.78 is 19.6. The summed E-state index contributed by atoms with van der Waals surface area (Å²) in [6.45, 7) is 19.8. The minimum atomic E-state index is -1.92. The third-order valence-corrected chi connectivity index (χ3v) is 13.7. The lowest BCUT2D eigenvalue weighted by atomic mass is 9.61. The van der Waals surface area contributed by atoms with Gasteiger partial charge in [-0.15, -0.1) is 0 Å². The summed E-state index contributed by atoms with van der Waals surface area (Å²) in [6.07, 6.45) is 7.99. The maximum Gasteiger partial charge on any atom is 0.195 e. The van der Waals surface area contributed by atoms with E-state index in [1.165, 1.54) is 5.57 Å². The van der Waals surface area contributed by atoms with E-state index >= 15 is 0 Å². The van der Waals surface area contributed by atoms with Crippen LogP contribution in [0.25, 0.3) is 0 Å². The third kappa shape index (κ3) is 3.82. The monoisotopic (exact) mass is 448 g/mol. The lowest BCUT2D eigenvalue weighted by molar-refractivity contribution is -0.135. The topological polar surface area (TPSA) is 47.9 Å². The normalized spacial score (nSPS) is 38.0. The number of fused-ring (bicyclic) bond motifs is 4. The molecule has 4 nitrogen and oxygen atoms in total. The Morgan fingerprint density at radius 3 is 2.32 bits per heavy atom. The molecule has 4 rings (SSSR count). The highest BCUT2D eigenvalue weighted by Gasteiger charge is 2.58. The van der Waals surface area contributed by atoms with E-state index in [1.54, 1.807) is 0 Å². The molecule has 0 amide bonds. The van der Waals surface area contributed by atoms with Crippen LogP contribution in [-0.4, -0.2) is 44.6 Å². The third-order valence-electron chi connectivity index (χ3n) is 9.20. The molecule has 0 aromatic carbocycles. The van der Waals surface area contributed by atoms with E-state index in [2.05, 4.69) is 66.8 Å². The molecular formula is C26H44O4Si. The minimum Gasteiger partial charge on any atom is -0.411 e. The molecule has 1 heterocycles. The Bertz CT molecular complexity index is 756. The van der Waals surface area contributed by atoms with Crippen molar-refractivity contribution in [2.75, 3.05) is 13.2 Å². The van der Waals surface area contributed by atoms with Gasteiger partial charge in [0.2, 0.25) is 0 Å². The molecule has 176 valence electrons. The second-order valence-electron chi connectivity index (χ2n) is 12.5. The molecule has 0 bridgehead atoms. The molecule has 4 aliphatic rings. The maximum atomic E-state index is 11.3. The van der Waals surface area contributed by atoms with Crippen molar-refractivity contribution >= 4 is 8.32 Å². The van der Waals surface area contributed by atoms with Crippen molar-refractivity contribution in [2.45, 2.75) is 103 Å². The smallest absolute Gasteiger partial charge is 0.195 e. The zero-order chi connectivity index (χ0) is 22.8. The van der Waals surface area contributed by atoms with E-state index in [0.717, 1.165) is 31.3 Å². The lowest BCUT2D eigenvalue weighted by Gasteiger charge is -2.46. The summed E-state index contributed by atoms with van der Waals surface area (Å²) in [7, 11) is -1.92. The quantitative estimate of drug-likeness (QED) is 0.552. The Balaban J connectivity index is 1.81. The SMILES string of the molecule is CC(C)[C@H]1CC[C@]2(C)[C@H](O)C=C3C(=C[C@@H](O[Si](C)(C)C(C)(C)C)CCC34OCCO4)[C@H]12. The summed E-state index contributed by atoms with van der Waals surface area (Å²) >= 11 is 0. The van der Waals surface area contributed by atoms with E-state index in [4.69, 9.17) is 13.9 Å². The minimum absolute atomic E-state index is 0.0689. The van der Waals surface area contributed by atoms with E-state index in [-0.39, 0.29) is 16.6 Å². The average molecular weight is 449 g/mol. The van der Waals surface area contributed by atoms with Gasteiger partial charge in [0, 0.05) is 17.4 Å². The molecule has 31 heavy (non-hydrogen) atoms. The van der Waals surface area contributed by atoms with E-state index in [0.29, 0.717) is 31.0 Å². The second-order valence-corrected chi connectivity index (χ2v) is 17.2. The van der Waals surface area contributed by atoms with Gasteiger partial charge in [-0.3, -0.25) is 0 Å². The summed E-state index contributed by atoms with van der Waals surface area (Å²) in [5.41, 5.74) is 2.30. The first-order valence-electron chi connectivity index (χ1n) is 12.4. The van der Waals surface area contributed by atoms with Gasteiger partial charge in [-0.05, 0) is 66.8 Å². The number of aliphatic hydroxyl groups excluding tert-OH is 1. The average Bonchev–Trinajstić information content (AvgIpc) is 3.23. The fourth-order valence-electron chi connectivity index (χ4n) is 6.23. The van der Waals surface area contributed by atoms with Gasteiger partial charge in [0.05, 0.1) is 25.4 Å². The van der Waals surface area contributed by atoms with Crippen LogP contribution in [0.1, 0.15) is 67.2 Å². The molecule has 1 saturated heterocycles. The molecule has 1 aliphatic heterocycles. The number of aliphatic hydroxyl groups is 1. The largest absolute Gasteiger partial charge is 0.411 e. The molecule has 1 saturated carbocycles. The lowest BCUT2D eigenvalue weighted by Crippen LogP contribution is -2.46. The summed E-state index contributed by atoms with van der Waals surface area (Å²) in [5, 5.41) is 11.5. The number of rotatable bonds is 3. The van der Waals surface area contributed by atoms with Gasteiger partial charge in [-0.2, -0.15) is 0 Å². The predicted molar refractivity (Wildman–Crippen MR) is 127 cm³/mol. The Hall–Kier alpha value is -0.463. The molecule has 5 heteroatoms. The van der Waals surface area contributed by atoms with Crippen LogP contribution in [0.3, 0.4) is 0 Å². The van der Waals surface area contributed by atoms with Gasteiger partial charge in [-0.25, -0.2) is 0 Å². The molecule has 1 spiro atoms. The fraction of sp³-hybridized carbons (Fsp3) is 0.846. The van der Waals surface area contributed by atoms with Crippen LogP contribution in [0, 0.1) is 23.2 Å². The van der Waals surface area contributed by atoms with Crippen LogP contribution in [0.2, 0.25) is 18.1 Å². The van der Waals surface area contributed by atoms with Crippen molar-refractivity contribution in [2.24, 2.45) is 23.2 Å². The maximum absolute atomic E-state index is 11.3. The zero-order valence-electron chi connectivity index (χ0n) is 21.0. The molecule has 1 N–H and O–H groups in total. The highest BCUT2D eigenvalue weighted by atomic mass is 28.4. The van der Waals surface area contributed by atoms with Crippen molar-refractivity contribution in [3.05, 3.63) is 23.3 Å². The van der Waals surface area contributed by atoms with Crippen molar-refractivity contribution in [3.63, 3.8) is 0 Å². The Morgan fingerprint density at radius 1 is 1.10 bits per heavy atom. The van der Waals surface area contributed by atoms with Crippen molar-refractivity contribution in [1.82, 2.24) is 0 Å². The van der Waals surface area contributed by atoms with Gasteiger partial charge in [0.15, 0.2) is 14.1 Å². The van der Waals surface area contributed by atoms with Crippen LogP contribution in [0.4, 0.5) is 0 Å². The zero-order valence-corrected chi connectivity index (χ0v) is 22.0. The van der Waals surface area contributed by atoms with Crippen LogP contribution >= 0.6 is 0 Å². The first-order valence-corrected chi connectivity index (χ1v) is 15.3. The molecule has 0 radical (unpaired) electrons. The Kier molecular flexibility index (Phi) is 5.96. The molecular weight excluding hydrogens is 404 g/mol. The summed E-state index contributed by atoms with van der Waals surface area (Å²) in [4.78, 5) is 0. The first kappa shape index (κ1) is 23.7. The van der Waals surface area contributed by atoms with E-state index < -0.39 is 20.2 Å². The first-order chi connectivity index (χ1) is 14.3. The van der Waals surface area contributed by atoms with Crippen LogP contribution in [-0.2, 0) is 13.9 Å². The van der Waals surface area contributed by atoms with Gasteiger partial charge in [0.25, 0.3) is 0 Å². The highest BCUT2D eigenvalue weighted by molar-refractivity contribution is 6.74. The molecule has 3 aliphatic carbocycles. The fourth-order valence-corrected chi connectivity index (χ4v) is 7.53. The highest BCUT2D eigenvalue weighted by Crippen LogP contribution is 2.61. The van der Waals surface area contributed by atoms with E-state index in [1.807, 2.05) is 0 Å². The summed E-state index contributed by atoms with van der Waals surface area (Å²) in [5.74, 6) is 0.725. The van der Waals surface area contributed by atoms with Crippen LogP contribution in [0.5, 0.6) is 0 Å². The number of hydrogen-bond donors (Lipinski definition) is 1. The molecule has 2 fully saturated rings. The van der Waals surface area contributed by atoms with Crippen molar-refractivity contribution < 1.29 is 19.0 Å².